The molecule has 1 heterocycles. The van der Waals surface area contributed by atoms with Gasteiger partial charge in [0.1, 0.15) is 5.82 Å². The van der Waals surface area contributed by atoms with Crippen LogP contribution in [0.3, 0.4) is 0 Å². The average molecular weight is 237 g/mol. The normalized spacial score (nSPS) is 10.5. The van der Waals surface area contributed by atoms with Crippen LogP contribution in [0.2, 0.25) is 0 Å². The molecule has 0 radical (unpaired) electrons. The summed E-state index contributed by atoms with van der Waals surface area (Å²) in [6.45, 7) is 4.12. The summed E-state index contributed by atoms with van der Waals surface area (Å²) in [4.78, 5) is 28.9. The predicted octanol–water partition coefficient (Wildman–Crippen LogP) is 1.92. The van der Waals surface area contributed by atoms with Crippen molar-refractivity contribution < 1.29 is 4.79 Å². The number of nitrogens with one attached hydrogen (secondary N) is 2. The predicted molar refractivity (Wildman–Crippen MR) is 66.8 cm³/mol. The van der Waals surface area contributed by atoms with Crippen molar-refractivity contribution in [2.45, 2.75) is 39.5 Å². The van der Waals surface area contributed by atoms with Crippen LogP contribution in [0, 0.1) is 5.92 Å². The number of carbonyl (C=O) groups is 1. The molecule has 0 aromatic carbocycles. The highest BCUT2D eigenvalue weighted by atomic mass is 16.2. The second-order valence-electron chi connectivity index (χ2n) is 4.05. The number of carbonyl (C=O) groups excluding carboxylic acids is 1. The average Bonchev–Trinajstić information content (AvgIpc) is 2.28. The first-order valence-electron chi connectivity index (χ1n) is 6.03. The maximum atomic E-state index is 12.0. The second-order valence-corrected chi connectivity index (χ2v) is 4.05. The molecule has 0 aliphatic carbocycles. The maximum absolute atomic E-state index is 12.0. The molecule has 0 aliphatic heterocycles. The molecule has 1 aromatic rings. The van der Waals surface area contributed by atoms with Gasteiger partial charge < -0.3 is 5.32 Å². The topological polar surface area (TPSA) is 74.8 Å². The van der Waals surface area contributed by atoms with E-state index in [1.54, 1.807) is 6.07 Å². The smallest absolute Gasteiger partial charge is 0.312 e. The Bertz CT molecular complexity index is 408. The molecule has 94 valence electrons. The van der Waals surface area contributed by atoms with E-state index < -0.39 is 5.69 Å². The molecular formula is C12H19N3O2. The standard InChI is InChI=1S/C12H19N3O2/c1-3-5-9(6-4-2)11(16)14-10-7-8-13-12(17)15-10/h7-9H,3-6H2,1-2H3,(H2,13,14,15,16,17). The monoisotopic (exact) mass is 237 g/mol. The minimum Gasteiger partial charge on any atom is -0.312 e. The highest BCUT2D eigenvalue weighted by Crippen LogP contribution is 2.15. The van der Waals surface area contributed by atoms with Gasteiger partial charge in [0.2, 0.25) is 5.91 Å². The lowest BCUT2D eigenvalue weighted by Crippen LogP contribution is -2.24. The largest absolute Gasteiger partial charge is 0.346 e. The van der Waals surface area contributed by atoms with Crippen LogP contribution >= 0.6 is 0 Å². The van der Waals surface area contributed by atoms with Gasteiger partial charge in [0, 0.05) is 12.1 Å². The van der Waals surface area contributed by atoms with Crippen molar-refractivity contribution >= 4 is 11.7 Å². The number of hydrogen-bond acceptors (Lipinski definition) is 3. The van der Waals surface area contributed by atoms with Crippen LogP contribution < -0.4 is 11.0 Å². The summed E-state index contributed by atoms with van der Waals surface area (Å²) in [5.74, 6) is 0.393. The van der Waals surface area contributed by atoms with E-state index >= 15 is 0 Å². The van der Waals surface area contributed by atoms with Crippen molar-refractivity contribution in [1.82, 2.24) is 9.97 Å². The molecule has 17 heavy (non-hydrogen) atoms. The number of rotatable bonds is 6. The van der Waals surface area contributed by atoms with Gasteiger partial charge in [-0.15, -0.1) is 0 Å². The maximum Gasteiger partial charge on any atom is 0.346 e. The first kappa shape index (κ1) is 13.4. The van der Waals surface area contributed by atoms with Crippen molar-refractivity contribution in [3.63, 3.8) is 0 Å². The molecule has 5 nitrogen and oxygen atoms in total. The molecule has 1 rings (SSSR count). The van der Waals surface area contributed by atoms with Crippen molar-refractivity contribution in [2.75, 3.05) is 5.32 Å². The summed E-state index contributed by atoms with van der Waals surface area (Å²) in [6, 6.07) is 1.58. The third-order valence-electron chi connectivity index (χ3n) is 2.58. The van der Waals surface area contributed by atoms with E-state index in [1.165, 1.54) is 6.20 Å². The number of hydrogen-bond donors (Lipinski definition) is 2. The Morgan fingerprint density at radius 1 is 1.41 bits per heavy atom. The van der Waals surface area contributed by atoms with Crippen LogP contribution in [0.25, 0.3) is 0 Å². The van der Waals surface area contributed by atoms with E-state index in [0.29, 0.717) is 5.82 Å². The third-order valence-corrected chi connectivity index (χ3v) is 2.58. The molecule has 0 saturated carbocycles. The summed E-state index contributed by atoms with van der Waals surface area (Å²) in [5.41, 5.74) is -0.453. The zero-order valence-corrected chi connectivity index (χ0v) is 10.3. The van der Waals surface area contributed by atoms with Gasteiger partial charge in [-0.3, -0.25) is 9.78 Å². The van der Waals surface area contributed by atoms with Gasteiger partial charge in [-0.2, -0.15) is 0 Å². The fourth-order valence-corrected chi connectivity index (χ4v) is 1.78. The summed E-state index contributed by atoms with van der Waals surface area (Å²) in [6.07, 6.45) is 5.07. The molecule has 5 heteroatoms. The lowest BCUT2D eigenvalue weighted by molar-refractivity contribution is -0.120. The Morgan fingerprint density at radius 3 is 2.59 bits per heavy atom. The number of H-pyrrole nitrogens is 1. The van der Waals surface area contributed by atoms with E-state index in [-0.39, 0.29) is 11.8 Å². The van der Waals surface area contributed by atoms with Gasteiger partial charge in [-0.1, -0.05) is 26.7 Å². The van der Waals surface area contributed by atoms with Crippen LogP contribution in [0.15, 0.2) is 17.1 Å². The van der Waals surface area contributed by atoms with Gasteiger partial charge in [0.05, 0.1) is 0 Å². The van der Waals surface area contributed by atoms with Crippen LogP contribution in [-0.4, -0.2) is 15.9 Å². The van der Waals surface area contributed by atoms with Crippen molar-refractivity contribution in [2.24, 2.45) is 5.92 Å². The Balaban J connectivity index is 2.66. The molecule has 0 aliphatic rings. The van der Waals surface area contributed by atoms with Gasteiger partial charge in [0.25, 0.3) is 0 Å². The molecule has 0 spiro atoms. The molecule has 0 bridgehead atoms. The fourth-order valence-electron chi connectivity index (χ4n) is 1.78. The minimum atomic E-state index is -0.453. The van der Waals surface area contributed by atoms with E-state index in [4.69, 9.17) is 0 Å². The van der Waals surface area contributed by atoms with Crippen LogP contribution in [0.5, 0.6) is 0 Å². The quantitative estimate of drug-likeness (QED) is 0.793. The zero-order chi connectivity index (χ0) is 12.7. The number of aromatic amines is 1. The highest BCUT2D eigenvalue weighted by molar-refractivity contribution is 5.91. The van der Waals surface area contributed by atoms with Crippen LogP contribution in [0.4, 0.5) is 5.82 Å². The lowest BCUT2D eigenvalue weighted by atomic mass is 9.97. The van der Waals surface area contributed by atoms with Crippen molar-refractivity contribution in [3.8, 4) is 0 Å². The van der Waals surface area contributed by atoms with Crippen LogP contribution in [0.1, 0.15) is 39.5 Å². The summed E-state index contributed by atoms with van der Waals surface area (Å²) in [5, 5.41) is 2.72. The number of nitrogens with zero attached hydrogens (tertiary/aromatic N) is 1. The van der Waals surface area contributed by atoms with Crippen molar-refractivity contribution in [1.29, 1.82) is 0 Å². The Kier molecular flexibility index (Phi) is 5.39. The van der Waals surface area contributed by atoms with E-state index in [9.17, 15) is 9.59 Å². The first-order valence-corrected chi connectivity index (χ1v) is 6.03. The molecule has 1 amide bonds. The number of anilines is 1. The Hall–Kier alpha value is -1.65. The molecular weight excluding hydrogens is 218 g/mol. The summed E-state index contributed by atoms with van der Waals surface area (Å²) in [7, 11) is 0. The zero-order valence-electron chi connectivity index (χ0n) is 10.3. The third kappa shape index (κ3) is 4.38. The summed E-state index contributed by atoms with van der Waals surface area (Å²) < 4.78 is 0. The Morgan fingerprint density at radius 2 is 2.06 bits per heavy atom. The lowest BCUT2D eigenvalue weighted by Gasteiger charge is -2.14. The first-order chi connectivity index (χ1) is 8.17. The fraction of sp³-hybridized carbons (Fsp3) is 0.583. The van der Waals surface area contributed by atoms with Gasteiger partial charge in [0.15, 0.2) is 0 Å². The van der Waals surface area contributed by atoms with Gasteiger partial charge in [-0.25, -0.2) is 9.78 Å². The number of amides is 1. The van der Waals surface area contributed by atoms with E-state index in [0.717, 1.165) is 25.7 Å². The summed E-state index contributed by atoms with van der Waals surface area (Å²) >= 11 is 0. The van der Waals surface area contributed by atoms with Gasteiger partial charge in [-0.05, 0) is 18.9 Å². The molecule has 1 aromatic heterocycles. The van der Waals surface area contributed by atoms with Crippen molar-refractivity contribution in [3.05, 3.63) is 22.7 Å². The Labute approximate surface area is 101 Å². The molecule has 2 N–H and O–H groups in total. The van der Waals surface area contributed by atoms with E-state index in [1.807, 2.05) is 0 Å². The molecule has 0 atom stereocenters. The number of aromatic nitrogens is 2. The molecule has 0 fully saturated rings. The minimum absolute atomic E-state index is 0.0154. The SMILES string of the molecule is CCCC(CCC)C(=O)Nc1ccnc(=O)[nH]1. The highest BCUT2D eigenvalue weighted by Gasteiger charge is 2.16. The van der Waals surface area contributed by atoms with Gasteiger partial charge >= 0.3 is 5.69 Å². The van der Waals surface area contributed by atoms with Crippen LogP contribution in [-0.2, 0) is 4.79 Å². The molecule has 0 saturated heterocycles. The second kappa shape index (κ2) is 6.83. The van der Waals surface area contributed by atoms with E-state index in [2.05, 4.69) is 29.1 Å². The molecule has 0 unspecified atom stereocenters.